The number of aliphatic hydroxyl groups is 3. The van der Waals surface area contributed by atoms with E-state index < -0.39 is 18.3 Å². The highest BCUT2D eigenvalue weighted by Gasteiger charge is 2.48. The van der Waals surface area contributed by atoms with Crippen molar-refractivity contribution in [1.29, 1.82) is 0 Å². The van der Waals surface area contributed by atoms with Crippen molar-refractivity contribution in [1.82, 2.24) is 9.80 Å². The van der Waals surface area contributed by atoms with Crippen LogP contribution in [0, 0.1) is 0 Å². The lowest BCUT2D eigenvalue weighted by atomic mass is 9.90. The zero-order valence-corrected chi connectivity index (χ0v) is 10.7. The van der Waals surface area contributed by atoms with Gasteiger partial charge in [-0.05, 0) is 19.5 Å². The lowest BCUT2D eigenvalue weighted by molar-refractivity contribution is -0.124. The maximum Gasteiger partial charge on any atom is 0.0994 e. The number of likely N-dealkylation sites (N-methyl/N-ethyl adjacent to an activating group) is 1. The maximum absolute atomic E-state index is 10.2. The average molecular weight is 244 g/mol. The van der Waals surface area contributed by atoms with Crippen LogP contribution in [0.4, 0.5) is 0 Å². The summed E-state index contributed by atoms with van der Waals surface area (Å²) in [6.07, 6.45) is -1.41. The van der Waals surface area contributed by atoms with Crippen LogP contribution in [0.2, 0.25) is 0 Å². The molecule has 2 fully saturated rings. The summed E-state index contributed by atoms with van der Waals surface area (Å²) in [5.41, 5.74) is 0. The quantitative estimate of drug-likeness (QED) is 0.586. The molecule has 0 amide bonds. The van der Waals surface area contributed by atoms with E-state index in [1.165, 1.54) is 0 Å². The zero-order valence-electron chi connectivity index (χ0n) is 10.7. The van der Waals surface area contributed by atoms with Gasteiger partial charge in [-0.15, -0.1) is 0 Å². The van der Waals surface area contributed by atoms with Crippen molar-refractivity contribution in [3.8, 4) is 0 Å². The molecule has 5 heteroatoms. The number of piperidine rings is 1. The van der Waals surface area contributed by atoms with Gasteiger partial charge in [0, 0.05) is 13.1 Å². The highest BCUT2D eigenvalue weighted by molar-refractivity contribution is 5.04. The van der Waals surface area contributed by atoms with Gasteiger partial charge in [0.25, 0.3) is 0 Å². The van der Waals surface area contributed by atoms with E-state index in [0.717, 1.165) is 26.2 Å². The molecule has 2 heterocycles. The summed E-state index contributed by atoms with van der Waals surface area (Å²) >= 11 is 0. The third kappa shape index (κ3) is 2.22. The van der Waals surface area contributed by atoms with Gasteiger partial charge in [0.2, 0.25) is 0 Å². The van der Waals surface area contributed by atoms with Crippen LogP contribution < -0.4 is 0 Å². The number of hydrogen-bond acceptors (Lipinski definition) is 5. The Balaban J connectivity index is 2.12. The van der Waals surface area contributed by atoms with Gasteiger partial charge in [-0.1, -0.05) is 13.8 Å². The van der Waals surface area contributed by atoms with Crippen molar-refractivity contribution in [2.45, 2.75) is 50.7 Å². The summed E-state index contributed by atoms with van der Waals surface area (Å²) in [6.45, 7) is 7.41. The monoisotopic (exact) mass is 244 g/mol. The van der Waals surface area contributed by atoms with E-state index in [1.54, 1.807) is 0 Å². The Morgan fingerprint density at radius 1 is 1.12 bits per heavy atom. The van der Waals surface area contributed by atoms with E-state index in [0.29, 0.717) is 6.42 Å². The molecule has 5 nitrogen and oxygen atoms in total. The molecule has 2 saturated heterocycles. The number of hydrogen-bond donors (Lipinski definition) is 3. The standard InChI is InChI=1S/C12H24N2O3/c1-3-13(4-2)8-7-14-6-5-9(15)10(14)12(17)11(8)16/h8-12,15-17H,3-7H2,1-2H3/t8?,9?,10-,11-,12-/m1/s1. The van der Waals surface area contributed by atoms with Gasteiger partial charge in [0.05, 0.1) is 30.4 Å². The summed E-state index contributed by atoms with van der Waals surface area (Å²) in [5.74, 6) is 0. The molecule has 2 aliphatic rings. The molecule has 2 aliphatic heterocycles. The Hall–Kier alpha value is -0.200. The van der Waals surface area contributed by atoms with Gasteiger partial charge in [-0.2, -0.15) is 0 Å². The van der Waals surface area contributed by atoms with Crippen LogP contribution in [0.15, 0.2) is 0 Å². The van der Waals surface area contributed by atoms with Gasteiger partial charge in [-0.3, -0.25) is 9.80 Å². The molecule has 3 N–H and O–H groups in total. The summed E-state index contributed by atoms with van der Waals surface area (Å²) in [5, 5.41) is 30.2. The minimum atomic E-state index is -0.841. The lowest BCUT2D eigenvalue weighted by Gasteiger charge is -2.46. The lowest BCUT2D eigenvalue weighted by Crippen LogP contribution is -2.65. The first-order chi connectivity index (χ1) is 8.10. The second-order valence-electron chi connectivity index (χ2n) is 5.11. The molecule has 0 bridgehead atoms. The fourth-order valence-corrected chi connectivity index (χ4v) is 3.32. The summed E-state index contributed by atoms with van der Waals surface area (Å²) in [6, 6.07) is -0.307. The second-order valence-corrected chi connectivity index (χ2v) is 5.11. The molecular weight excluding hydrogens is 220 g/mol. The van der Waals surface area contributed by atoms with Gasteiger partial charge in [0.1, 0.15) is 0 Å². The number of nitrogens with zero attached hydrogens (tertiary/aromatic N) is 2. The predicted molar refractivity (Wildman–Crippen MR) is 64.7 cm³/mol. The Labute approximate surface area is 103 Å². The Morgan fingerprint density at radius 3 is 2.35 bits per heavy atom. The molecule has 5 atom stereocenters. The zero-order chi connectivity index (χ0) is 12.6. The highest BCUT2D eigenvalue weighted by atomic mass is 16.3. The van der Waals surface area contributed by atoms with Crippen LogP contribution in [0.3, 0.4) is 0 Å². The third-order valence-corrected chi connectivity index (χ3v) is 4.32. The molecule has 0 aromatic rings. The molecule has 0 spiro atoms. The predicted octanol–water partition coefficient (Wildman–Crippen LogP) is -1.13. The summed E-state index contributed by atoms with van der Waals surface area (Å²) in [7, 11) is 0. The first kappa shape index (κ1) is 13.2. The van der Waals surface area contributed by atoms with E-state index >= 15 is 0 Å². The third-order valence-electron chi connectivity index (χ3n) is 4.32. The van der Waals surface area contributed by atoms with Crippen molar-refractivity contribution in [3.05, 3.63) is 0 Å². The minimum Gasteiger partial charge on any atom is -0.391 e. The van der Waals surface area contributed by atoms with Crippen molar-refractivity contribution in [3.63, 3.8) is 0 Å². The first-order valence-corrected chi connectivity index (χ1v) is 6.62. The molecule has 2 rings (SSSR count). The molecule has 0 aliphatic carbocycles. The molecule has 2 unspecified atom stereocenters. The number of rotatable bonds is 3. The maximum atomic E-state index is 10.2. The summed E-state index contributed by atoms with van der Waals surface area (Å²) in [4.78, 5) is 4.29. The van der Waals surface area contributed by atoms with Crippen LogP contribution in [-0.4, -0.2) is 81.7 Å². The molecule has 0 aromatic carbocycles. The fourth-order valence-electron chi connectivity index (χ4n) is 3.32. The van der Waals surface area contributed by atoms with E-state index in [-0.39, 0.29) is 12.1 Å². The smallest absolute Gasteiger partial charge is 0.0994 e. The van der Waals surface area contributed by atoms with Crippen LogP contribution in [0.1, 0.15) is 20.3 Å². The summed E-state index contributed by atoms with van der Waals surface area (Å²) < 4.78 is 0. The molecule has 0 saturated carbocycles. The fraction of sp³-hybridized carbons (Fsp3) is 1.00. The van der Waals surface area contributed by atoms with E-state index in [9.17, 15) is 15.3 Å². The van der Waals surface area contributed by atoms with Crippen LogP contribution in [-0.2, 0) is 0 Å². The largest absolute Gasteiger partial charge is 0.391 e. The molecular formula is C12H24N2O3. The Kier molecular flexibility index (Phi) is 4.05. The van der Waals surface area contributed by atoms with Crippen molar-refractivity contribution in [2.75, 3.05) is 26.2 Å². The normalized spacial score (nSPS) is 43.1. The average Bonchev–Trinajstić information content (AvgIpc) is 2.68. The van der Waals surface area contributed by atoms with E-state index in [4.69, 9.17) is 0 Å². The van der Waals surface area contributed by atoms with Crippen molar-refractivity contribution in [2.24, 2.45) is 0 Å². The van der Waals surface area contributed by atoms with Crippen molar-refractivity contribution >= 4 is 0 Å². The first-order valence-electron chi connectivity index (χ1n) is 6.62. The Morgan fingerprint density at radius 2 is 1.76 bits per heavy atom. The van der Waals surface area contributed by atoms with Gasteiger partial charge in [0.15, 0.2) is 0 Å². The molecule has 0 radical (unpaired) electrons. The van der Waals surface area contributed by atoms with Gasteiger partial charge < -0.3 is 15.3 Å². The van der Waals surface area contributed by atoms with Crippen LogP contribution in [0.5, 0.6) is 0 Å². The van der Waals surface area contributed by atoms with Crippen molar-refractivity contribution < 1.29 is 15.3 Å². The van der Waals surface area contributed by atoms with E-state index in [1.807, 2.05) is 0 Å². The highest BCUT2D eigenvalue weighted by Crippen LogP contribution is 2.30. The minimum absolute atomic E-state index is 0.0263. The molecule has 17 heavy (non-hydrogen) atoms. The molecule has 100 valence electrons. The second kappa shape index (κ2) is 5.20. The van der Waals surface area contributed by atoms with Gasteiger partial charge >= 0.3 is 0 Å². The topological polar surface area (TPSA) is 67.2 Å². The van der Waals surface area contributed by atoms with E-state index in [2.05, 4.69) is 23.6 Å². The number of fused-ring (bicyclic) bond motifs is 1. The molecule has 0 aromatic heterocycles. The Bertz CT molecular complexity index is 260. The number of aliphatic hydroxyl groups excluding tert-OH is 3. The van der Waals surface area contributed by atoms with Crippen LogP contribution >= 0.6 is 0 Å². The van der Waals surface area contributed by atoms with Crippen LogP contribution in [0.25, 0.3) is 0 Å². The van der Waals surface area contributed by atoms with Gasteiger partial charge in [-0.25, -0.2) is 0 Å². The SMILES string of the molecule is CCN(CC)C1CN2CCC(O)[C@@H]2[C@@H](O)[C@@H]1O.